The number of phenols is 1. The molecule has 1 amide bonds. The maximum absolute atomic E-state index is 14.1. The van der Waals surface area contributed by atoms with Crippen LogP contribution in [-0.2, 0) is 21.1 Å². The molecule has 2 aromatic carbocycles. The van der Waals surface area contributed by atoms with Crippen LogP contribution in [0.3, 0.4) is 0 Å². The van der Waals surface area contributed by atoms with Gasteiger partial charge in [0.05, 0.1) is 11.4 Å². The van der Waals surface area contributed by atoms with Crippen LogP contribution in [0, 0.1) is 5.82 Å². The van der Waals surface area contributed by atoms with E-state index in [-0.39, 0.29) is 29.4 Å². The number of phenolic OH excluding ortho intramolecular Hbond substituents is 1. The number of aromatic nitrogens is 4. The number of nitrogen functional groups attached to an aromatic ring is 1. The average molecular weight is 509 g/mol. The van der Waals surface area contributed by atoms with Crippen LogP contribution in [0.2, 0.25) is 0 Å². The van der Waals surface area contributed by atoms with Crippen molar-refractivity contribution in [2.75, 3.05) is 23.4 Å². The van der Waals surface area contributed by atoms with Crippen molar-refractivity contribution < 1.29 is 22.7 Å². The SMILES string of the molecule is C=C(C(=O)N1CC(n2nc(-c3cc(O)cc(F)c3)c3c(N)ncnc32)Cc2ccccc21)S(C)(=O)=O. The molecule has 0 fully saturated rings. The molecule has 1 aliphatic heterocycles. The van der Waals surface area contributed by atoms with Gasteiger partial charge in [-0.15, -0.1) is 0 Å². The third-order valence-electron chi connectivity index (χ3n) is 6.08. The highest BCUT2D eigenvalue weighted by Crippen LogP contribution is 2.38. The lowest BCUT2D eigenvalue weighted by Gasteiger charge is -2.35. The van der Waals surface area contributed by atoms with Gasteiger partial charge in [0.15, 0.2) is 15.5 Å². The number of hydrogen-bond acceptors (Lipinski definition) is 8. The lowest BCUT2D eigenvalue weighted by Crippen LogP contribution is -2.42. The Morgan fingerprint density at radius 3 is 2.69 bits per heavy atom. The molecule has 0 radical (unpaired) electrons. The average Bonchev–Trinajstić information content (AvgIpc) is 3.22. The Bertz CT molecular complexity index is 1650. The van der Waals surface area contributed by atoms with E-state index < -0.39 is 32.5 Å². The first-order valence-electron chi connectivity index (χ1n) is 10.8. The Morgan fingerprint density at radius 1 is 1.22 bits per heavy atom. The van der Waals surface area contributed by atoms with Crippen LogP contribution in [0.4, 0.5) is 15.9 Å². The molecule has 1 atom stereocenters. The summed E-state index contributed by atoms with van der Waals surface area (Å²) in [7, 11) is -3.82. The summed E-state index contributed by atoms with van der Waals surface area (Å²) < 4.78 is 39.8. The Morgan fingerprint density at radius 2 is 1.97 bits per heavy atom. The number of halogens is 1. The lowest BCUT2D eigenvalue weighted by atomic mass is 9.97. The van der Waals surface area contributed by atoms with Gasteiger partial charge < -0.3 is 15.7 Å². The summed E-state index contributed by atoms with van der Waals surface area (Å²) in [5, 5.41) is 15.0. The number of anilines is 2. The molecule has 0 spiro atoms. The first-order valence-corrected chi connectivity index (χ1v) is 12.7. The third-order valence-corrected chi connectivity index (χ3v) is 7.15. The van der Waals surface area contributed by atoms with E-state index in [9.17, 15) is 22.7 Å². The van der Waals surface area contributed by atoms with E-state index in [4.69, 9.17) is 5.73 Å². The molecule has 2 aromatic heterocycles. The van der Waals surface area contributed by atoms with E-state index in [1.54, 1.807) is 16.8 Å². The number of hydrogen-bond donors (Lipinski definition) is 2. The van der Waals surface area contributed by atoms with Gasteiger partial charge in [0.25, 0.3) is 5.91 Å². The van der Waals surface area contributed by atoms with Gasteiger partial charge in [0, 0.05) is 30.1 Å². The molecule has 0 aliphatic carbocycles. The number of rotatable bonds is 4. The second-order valence-electron chi connectivity index (χ2n) is 8.55. The second kappa shape index (κ2) is 8.41. The van der Waals surface area contributed by atoms with E-state index in [1.165, 1.54) is 23.4 Å². The predicted octanol–water partition coefficient (Wildman–Crippen LogP) is 2.61. The van der Waals surface area contributed by atoms with Crippen LogP contribution in [0.1, 0.15) is 11.6 Å². The third kappa shape index (κ3) is 3.94. The molecular formula is C24H21FN6O4S. The number of carbonyl (C=O) groups is 1. The number of carbonyl (C=O) groups excluding carboxylic acids is 1. The molecule has 1 unspecified atom stereocenters. The fraction of sp³-hybridized carbons (Fsp3) is 0.167. The molecule has 3 heterocycles. The summed E-state index contributed by atoms with van der Waals surface area (Å²) in [5.41, 5.74) is 8.39. The van der Waals surface area contributed by atoms with Gasteiger partial charge in [-0.1, -0.05) is 24.8 Å². The summed E-state index contributed by atoms with van der Waals surface area (Å²) in [5.74, 6) is -1.58. The fourth-order valence-electron chi connectivity index (χ4n) is 4.40. The molecule has 3 N–H and O–H groups in total. The fourth-order valence-corrected chi connectivity index (χ4v) is 4.83. The number of nitrogens with two attached hydrogens (primary N) is 1. The van der Waals surface area contributed by atoms with Gasteiger partial charge in [0.2, 0.25) is 0 Å². The highest BCUT2D eigenvalue weighted by atomic mass is 32.2. The van der Waals surface area contributed by atoms with E-state index in [2.05, 4.69) is 21.6 Å². The van der Waals surface area contributed by atoms with Crippen LogP contribution in [0.25, 0.3) is 22.3 Å². The lowest BCUT2D eigenvalue weighted by molar-refractivity contribution is -0.114. The van der Waals surface area contributed by atoms with Crippen LogP contribution in [-0.4, -0.2) is 52.0 Å². The number of sulfone groups is 1. The van der Waals surface area contributed by atoms with Crippen molar-refractivity contribution in [3.05, 3.63) is 71.7 Å². The second-order valence-corrected chi connectivity index (χ2v) is 10.6. The molecule has 0 saturated carbocycles. The monoisotopic (exact) mass is 508 g/mol. The molecule has 0 bridgehead atoms. The van der Waals surface area contributed by atoms with E-state index >= 15 is 0 Å². The van der Waals surface area contributed by atoms with Crippen LogP contribution in [0.15, 0.2) is 60.3 Å². The highest BCUT2D eigenvalue weighted by Gasteiger charge is 2.34. The number of fused-ring (bicyclic) bond motifs is 2. The molecule has 12 heteroatoms. The normalized spacial score (nSPS) is 15.6. The van der Waals surface area contributed by atoms with E-state index in [1.807, 2.05) is 12.1 Å². The Hall–Kier alpha value is -4.32. The number of para-hydroxylation sites is 1. The van der Waals surface area contributed by atoms with Crippen LogP contribution < -0.4 is 10.6 Å². The minimum absolute atomic E-state index is 0.0684. The van der Waals surface area contributed by atoms with Gasteiger partial charge in [-0.2, -0.15) is 5.10 Å². The maximum atomic E-state index is 14.1. The van der Waals surface area contributed by atoms with Crippen LogP contribution in [0.5, 0.6) is 5.75 Å². The van der Waals surface area contributed by atoms with Crippen molar-refractivity contribution in [3.8, 4) is 17.0 Å². The first kappa shape index (κ1) is 23.4. The highest BCUT2D eigenvalue weighted by molar-refractivity contribution is 7.95. The van der Waals surface area contributed by atoms with Gasteiger partial charge in [-0.25, -0.2) is 27.5 Å². The Balaban J connectivity index is 1.67. The van der Waals surface area contributed by atoms with Crippen molar-refractivity contribution in [1.82, 2.24) is 19.7 Å². The summed E-state index contributed by atoms with van der Waals surface area (Å²) >= 11 is 0. The number of amides is 1. The summed E-state index contributed by atoms with van der Waals surface area (Å²) in [6.45, 7) is 3.56. The number of aromatic hydroxyl groups is 1. The molecule has 36 heavy (non-hydrogen) atoms. The van der Waals surface area contributed by atoms with Crippen molar-refractivity contribution >= 4 is 38.3 Å². The molecule has 4 aromatic rings. The smallest absolute Gasteiger partial charge is 0.269 e. The summed E-state index contributed by atoms with van der Waals surface area (Å²) in [4.78, 5) is 22.4. The molecular weight excluding hydrogens is 487 g/mol. The zero-order valence-electron chi connectivity index (χ0n) is 19.1. The summed E-state index contributed by atoms with van der Waals surface area (Å²) in [6.07, 6.45) is 2.65. The van der Waals surface area contributed by atoms with Crippen molar-refractivity contribution in [3.63, 3.8) is 0 Å². The summed E-state index contributed by atoms with van der Waals surface area (Å²) in [6, 6.07) is 10.2. The van der Waals surface area contributed by atoms with Crippen molar-refractivity contribution in [2.24, 2.45) is 0 Å². The Kier molecular flexibility index (Phi) is 5.47. The van der Waals surface area contributed by atoms with Gasteiger partial charge in [-0.3, -0.25) is 4.79 Å². The molecule has 5 rings (SSSR count). The molecule has 184 valence electrons. The molecule has 10 nitrogen and oxygen atoms in total. The topological polar surface area (TPSA) is 144 Å². The standard InChI is InChI=1S/C24H21FN6O4S/c1-13(36(2,34)35)24(33)30-11-17(8-14-5-3-4-6-19(14)30)31-23-20(22(26)27-12-28-23)21(29-31)15-7-16(25)10-18(32)9-15/h3-7,9-10,12,17,32H,1,8,11H2,2H3,(H2,26,27,28). The minimum atomic E-state index is -3.82. The van der Waals surface area contributed by atoms with E-state index in [0.717, 1.165) is 17.9 Å². The van der Waals surface area contributed by atoms with Crippen LogP contribution >= 0.6 is 0 Å². The van der Waals surface area contributed by atoms with Crippen molar-refractivity contribution in [1.29, 1.82) is 0 Å². The first-order chi connectivity index (χ1) is 17.0. The largest absolute Gasteiger partial charge is 0.508 e. The maximum Gasteiger partial charge on any atom is 0.269 e. The molecule has 1 aliphatic rings. The van der Waals surface area contributed by atoms with Gasteiger partial charge in [-0.05, 0) is 30.2 Å². The van der Waals surface area contributed by atoms with E-state index in [0.29, 0.717) is 23.1 Å². The van der Waals surface area contributed by atoms with Crippen molar-refractivity contribution in [2.45, 2.75) is 12.5 Å². The quantitative estimate of drug-likeness (QED) is 0.400. The number of nitrogens with zero attached hydrogens (tertiary/aromatic N) is 5. The zero-order chi connectivity index (χ0) is 25.8. The molecule has 0 saturated heterocycles. The predicted molar refractivity (Wildman–Crippen MR) is 132 cm³/mol. The van der Waals surface area contributed by atoms with Gasteiger partial charge in [0.1, 0.15) is 34.3 Å². The minimum Gasteiger partial charge on any atom is -0.508 e. The Labute approximate surface area is 205 Å². The number of benzene rings is 2. The van der Waals surface area contributed by atoms with Gasteiger partial charge >= 0.3 is 0 Å². The zero-order valence-corrected chi connectivity index (χ0v) is 19.9.